The molecule has 4 heteroatoms. The number of hydrogen-bond donors (Lipinski definition) is 1. The molecule has 0 radical (unpaired) electrons. The van der Waals surface area contributed by atoms with Gasteiger partial charge in [0.15, 0.2) is 0 Å². The number of fused-ring (bicyclic) bond motifs is 1. The van der Waals surface area contributed by atoms with Gasteiger partial charge in [-0.25, -0.2) is 0 Å². The van der Waals surface area contributed by atoms with E-state index in [0.29, 0.717) is 0 Å². The molecule has 1 aromatic heterocycles. The molecule has 1 nitrogen and oxygen atoms in total. The number of aromatic amines is 1. The van der Waals surface area contributed by atoms with Crippen LogP contribution < -0.4 is 0 Å². The molecule has 0 fully saturated rings. The van der Waals surface area contributed by atoms with Crippen molar-refractivity contribution in [1.29, 1.82) is 0 Å². The van der Waals surface area contributed by atoms with Gasteiger partial charge in [-0.05, 0) is 0 Å². The molecule has 1 heterocycles. The molecule has 3 rings (SSSR count). The molecule has 0 spiro atoms. The molecule has 0 aliphatic heterocycles. The van der Waals surface area contributed by atoms with Crippen LogP contribution in [0.3, 0.4) is 0 Å². The van der Waals surface area contributed by atoms with E-state index in [1.54, 1.807) is 24.2 Å². The van der Waals surface area contributed by atoms with Crippen LogP contribution in [0.25, 0.3) is 10.8 Å². The van der Waals surface area contributed by atoms with Gasteiger partial charge in [-0.2, -0.15) is 35.8 Å². The minimum Gasteiger partial charge on any atom is -0.484 e. The fraction of sp³-hybridized carbons (Fsp3) is 0.118. The quantitative estimate of drug-likeness (QED) is 0.484. The fourth-order valence-corrected chi connectivity index (χ4v) is 1.31. The Morgan fingerprint density at radius 3 is 2.14 bits per heavy atom. The van der Waals surface area contributed by atoms with Gasteiger partial charge in [0.25, 0.3) is 0 Å². The van der Waals surface area contributed by atoms with Crippen LogP contribution in [-0.2, 0) is 24.2 Å². The Labute approximate surface area is 155 Å². The molecule has 3 aromatic rings. The van der Waals surface area contributed by atoms with Crippen molar-refractivity contribution in [2.24, 2.45) is 0 Å². The predicted octanol–water partition coefficient (Wildman–Crippen LogP) is 5.41. The molecular weight excluding hydrogens is 380 g/mol. The summed E-state index contributed by atoms with van der Waals surface area (Å²) in [5.74, 6) is 0. The summed E-state index contributed by atoms with van der Waals surface area (Å²) in [7, 11) is 0. The third kappa shape index (κ3) is 12.9. The van der Waals surface area contributed by atoms with Crippen LogP contribution in [0.5, 0.6) is 0 Å². The van der Waals surface area contributed by atoms with Gasteiger partial charge in [0, 0.05) is 0 Å². The molecule has 0 amide bonds. The van der Waals surface area contributed by atoms with Crippen LogP contribution in [0.2, 0.25) is 0 Å². The van der Waals surface area contributed by atoms with Crippen molar-refractivity contribution in [3.63, 3.8) is 0 Å². The van der Waals surface area contributed by atoms with Crippen LogP contribution in [0.15, 0.2) is 60.8 Å². The van der Waals surface area contributed by atoms with Crippen molar-refractivity contribution < 1.29 is 24.2 Å². The first kappa shape index (κ1) is 25.4. The van der Waals surface area contributed by atoms with E-state index in [1.807, 2.05) is 18.3 Å². The summed E-state index contributed by atoms with van der Waals surface area (Å²) in [6.45, 7) is 4.25. The second kappa shape index (κ2) is 15.8. The summed E-state index contributed by atoms with van der Waals surface area (Å²) in [6, 6.07) is 18.4. The Hall–Kier alpha value is -0.557. The third-order valence-electron chi connectivity index (χ3n) is 1.99. The fourth-order valence-electron chi connectivity index (χ4n) is 1.31. The summed E-state index contributed by atoms with van der Waals surface area (Å²) < 4.78 is 1.51. The zero-order valence-electron chi connectivity index (χ0n) is 12.6. The number of rotatable bonds is 0. The summed E-state index contributed by atoms with van der Waals surface area (Å²) in [6.07, 6.45) is 4.56. The second-order valence-corrected chi connectivity index (χ2v) is 6.43. The Morgan fingerprint density at radius 2 is 1.71 bits per heavy atom. The largest absolute Gasteiger partial charge is 0.484 e. The first-order chi connectivity index (χ1) is 8.70. The van der Waals surface area contributed by atoms with Gasteiger partial charge in [0.05, 0.1) is 0 Å². The Kier molecular flexibility index (Phi) is 19.1. The second-order valence-electron chi connectivity index (χ2n) is 3.97. The van der Waals surface area contributed by atoms with E-state index in [9.17, 15) is 0 Å². The standard InChI is InChI=1S/C9H7.C4H4N.C3H6.CH3.2ClH.Zr/c1-2-5-9-7-3-6-8(9)4-1;1-2-4-5-3-1;1-3-2;;;;/h1-7H;1-3,5H;1-2H3;1H3;2*1H;/q2*-1;;-1;;;. The number of H-pyrrole nitrogens is 1. The maximum Gasteiger partial charge on any atom is -0.0809 e. The van der Waals surface area contributed by atoms with E-state index in [0.717, 1.165) is 0 Å². The van der Waals surface area contributed by atoms with Gasteiger partial charge in [-0.3, -0.25) is 0 Å². The number of hydrogen-bond acceptors (Lipinski definition) is 0. The van der Waals surface area contributed by atoms with Crippen LogP contribution >= 0.6 is 24.8 Å². The number of aromatic nitrogens is 1. The zero-order valence-corrected chi connectivity index (χ0v) is 16.7. The summed E-state index contributed by atoms with van der Waals surface area (Å²) in [5, 5.41) is 2.66. The van der Waals surface area contributed by atoms with E-state index < -0.39 is 0 Å². The van der Waals surface area contributed by atoms with Crippen molar-refractivity contribution in [2.45, 2.75) is 13.8 Å². The van der Waals surface area contributed by atoms with Crippen LogP contribution in [0.4, 0.5) is 0 Å². The van der Waals surface area contributed by atoms with Crippen molar-refractivity contribution in [1.82, 2.24) is 4.98 Å². The van der Waals surface area contributed by atoms with E-state index in [-0.39, 0.29) is 32.2 Å². The Balaban J connectivity index is -0.000000238. The van der Waals surface area contributed by atoms with E-state index in [4.69, 9.17) is 0 Å². The van der Waals surface area contributed by atoms with Crippen LogP contribution in [0, 0.1) is 13.6 Å². The maximum absolute atomic E-state index is 2.74. The topological polar surface area (TPSA) is 15.8 Å². The van der Waals surface area contributed by atoms with Gasteiger partial charge in [-0.1, -0.05) is 6.07 Å². The number of nitrogens with one attached hydrogen (secondary N) is 1. The monoisotopic (exact) mass is 400 g/mol. The predicted molar refractivity (Wildman–Crippen MR) is 96.4 cm³/mol. The Morgan fingerprint density at radius 1 is 1.10 bits per heavy atom. The summed E-state index contributed by atoms with van der Waals surface area (Å²) >= 11 is 1.55. The van der Waals surface area contributed by atoms with Crippen LogP contribution in [-0.4, -0.2) is 8.19 Å². The van der Waals surface area contributed by atoms with Crippen LogP contribution in [0.1, 0.15) is 13.8 Å². The van der Waals surface area contributed by atoms with Gasteiger partial charge in [0.1, 0.15) is 0 Å². The maximum atomic E-state index is 2.74. The first-order valence-electron chi connectivity index (χ1n) is 5.82. The average molecular weight is 403 g/mol. The molecule has 21 heavy (non-hydrogen) atoms. The van der Waals surface area contributed by atoms with E-state index in [2.05, 4.69) is 67.5 Å². The van der Waals surface area contributed by atoms with Crippen molar-refractivity contribution in [3.8, 4) is 0 Å². The van der Waals surface area contributed by atoms with Crippen molar-refractivity contribution in [3.05, 3.63) is 74.4 Å². The number of benzene rings is 1. The summed E-state index contributed by atoms with van der Waals surface area (Å²) in [5.41, 5.74) is 0. The SMILES string of the molecule is C[C](C)=[Zr].Cl.Cl.[CH3-].[c-]1ccc[nH]1.c1ccc2[cH-]ccc2c1. The molecule has 116 valence electrons. The average Bonchev–Trinajstić information content (AvgIpc) is 3.03. The van der Waals surface area contributed by atoms with Gasteiger partial charge in [0.2, 0.25) is 0 Å². The summed E-state index contributed by atoms with van der Waals surface area (Å²) in [4.78, 5) is 2.74. The molecule has 0 unspecified atom stereocenters. The Bertz CT molecular complexity index is 507. The normalized spacial score (nSPS) is 7.48. The molecule has 0 atom stereocenters. The molecular formula is C17H22Cl2NZr-3. The van der Waals surface area contributed by atoms with Crippen molar-refractivity contribution >= 4 is 38.8 Å². The van der Waals surface area contributed by atoms with Gasteiger partial charge < -0.3 is 12.4 Å². The smallest absolute Gasteiger partial charge is 0.0809 e. The van der Waals surface area contributed by atoms with Gasteiger partial charge in [-0.15, -0.1) is 60.7 Å². The molecule has 2 aromatic carbocycles. The molecule has 0 aliphatic rings. The molecule has 0 saturated heterocycles. The molecule has 1 N–H and O–H groups in total. The van der Waals surface area contributed by atoms with E-state index >= 15 is 0 Å². The number of halogens is 2. The van der Waals surface area contributed by atoms with Gasteiger partial charge >= 0.3 is 41.3 Å². The molecule has 0 saturated carbocycles. The molecule has 0 aliphatic carbocycles. The van der Waals surface area contributed by atoms with Crippen molar-refractivity contribution in [2.75, 3.05) is 0 Å². The first-order valence-corrected chi connectivity index (χ1v) is 7.04. The third-order valence-corrected chi connectivity index (χ3v) is 1.99. The minimum absolute atomic E-state index is 0. The minimum atomic E-state index is 0. The molecule has 0 bridgehead atoms. The van der Waals surface area contributed by atoms with E-state index in [1.165, 1.54) is 14.0 Å². The zero-order chi connectivity index (χ0) is 13.2.